The lowest BCUT2D eigenvalue weighted by Gasteiger charge is -2.01. The summed E-state index contributed by atoms with van der Waals surface area (Å²) in [6, 6.07) is 13.1. The van der Waals surface area contributed by atoms with Gasteiger partial charge < -0.3 is 4.98 Å². The molecule has 0 spiro atoms. The molecule has 0 saturated heterocycles. The number of benzene rings is 1. The van der Waals surface area contributed by atoms with Crippen LogP contribution < -0.4 is 0 Å². The van der Waals surface area contributed by atoms with Gasteiger partial charge in [-0.2, -0.15) is 5.26 Å². The van der Waals surface area contributed by atoms with Crippen molar-refractivity contribution in [2.75, 3.05) is 0 Å². The minimum Gasteiger partial charge on any atom is -0.362 e. The normalized spacial score (nSPS) is 12.1. The molecule has 0 unspecified atom stereocenters. The van der Waals surface area contributed by atoms with Crippen LogP contribution in [0.15, 0.2) is 58.5 Å². The predicted molar refractivity (Wildman–Crippen MR) is 68.0 cm³/mol. The molecule has 0 aliphatic rings. The number of H-pyrrole nitrogens is 1. The largest absolute Gasteiger partial charge is 0.362 e. The summed E-state index contributed by atoms with van der Waals surface area (Å²) in [6.45, 7) is 0. The van der Waals surface area contributed by atoms with E-state index >= 15 is 0 Å². The van der Waals surface area contributed by atoms with Gasteiger partial charge in [0.25, 0.3) is 0 Å². The number of hydrogen-bond acceptors (Lipinski definition) is 3. The number of hydrogen-bond donors (Lipinski definition) is 1. The first kappa shape index (κ1) is 12.1. The molecule has 1 aromatic heterocycles. The number of nitriles is 1. The highest BCUT2D eigenvalue weighted by Crippen LogP contribution is 2.20. The summed E-state index contributed by atoms with van der Waals surface area (Å²) >= 11 is 0. The summed E-state index contributed by atoms with van der Waals surface area (Å²) in [4.78, 5) is 2.67. The minimum absolute atomic E-state index is 0.115. The maximum Gasteiger partial charge on any atom is 0.216 e. The molecule has 2 rings (SSSR count). The van der Waals surface area contributed by atoms with Crippen LogP contribution in [0.4, 0.5) is 0 Å². The van der Waals surface area contributed by atoms with E-state index in [9.17, 15) is 8.42 Å². The summed E-state index contributed by atoms with van der Waals surface area (Å²) in [5, 5.41) is 9.01. The highest BCUT2D eigenvalue weighted by molar-refractivity contribution is 7.95. The predicted octanol–water partition coefficient (Wildman–Crippen LogP) is 2.35. The molecule has 5 heteroatoms. The van der Waals surface area contributed by atoms with E-state index in [0.29, 0.717) is 5.69 Å². The van der Waals surface area contributed by atoms with E-state index < -0.39 is 9.84 Å². The summed E-state index contributed by atoms with van der Waals surface area (Å²) < 4.78 is 24.4. The molecule has 1 heterocycles. The molecule has 0 fully saturated rings. The second kappa shape index (κ2) is 4.90. The van der Waals surface area contributed by atoms with Crippen LogP contribution in [0.1, 0.15) is 5.69 Å². The van der Waals surface area contributed by atoms with Crippen LogP contribution in [0, 0.1) is 11.3 Å². The lowest BCUT2D eigenvalue weighted by atomic mass is 10.4. The van der Waals surface area contributed by atoms with Gasteiger partial charge >= 0.3 is 0 Å². The second-order valence-corrected chi connectivity index (χ2v) is 5.48. The van der Waals surface area contributed by atoms with E-state index in [4.69, 9.17) is 5.26 Å². The summed E-state index contributed by atoms with van der Waals surface area (Å²) in [5.74, 6) is 0. The highest BCUT2D eigenvalue weighted by atomic mass is 32.2. The van der Waals surface area contributed by atoms with Gasteiger partial charge in [0, 0.05) is 11.9 Å². The number of nitrogens with one attached hydrogen (secondary N) is 1. The van der Waals surface area contributed by atoms with Crippen LogP contribution in [0.3, 0.4) is 0 Å². The fraction of sp³-hybridized carbons (Fsp3) is 0. The topological polar surface area (TPSA) is 73.7 Å². The Morgan fingerprint density at radius 1 is 1.17 bits per heavy atom. The number of aromatic amines is 1. The van der Waals surface area contributed by atoms with Gasteiger partial charge in [-0.25, -0.2) is 8.42 Å². The second-order valence-electron chi connectivity index (χ2n) is 3.56. The number of rotatable bonds is 3. The average Bonchev–Trinajstić information content (AvgIpc) is 2.89. The Morgan fingerprint density at radius 2 is 1.89 bits per heavy atom. The lowest BCUT2D eigenvalue weighted by Crippen LogP contribution is -2.03. The van der Waals surface area contributed by atoms with Crippen molar-refractivity contribution in [3.05, 3.63) is 59.3 Å². The third kappa shape index (κ3) is 2.34. The summed E-state index contributed by atoms with van der Waals surface area (Å²) in [5.41, 5.74) is 0.575. The molecular weight excluding hydrogens is 248 g/mol. The van der Waals surface area contributed by atoms with Crippen LogP contribution in [0.2, 0.25) is 0 Å². The first-order valence-corrected chi connectivity index (χ1v) is 6.68. The van der Waals surface area contributed by atoms with Crippen LogP contribution in [0.5, 0.6) is 0 Å². The van der Waals surface area contributed by atoms with Gasteiger partial charge in [0.15, 0.2) is 4.91 Å². The zero-order chi connectivity index (χ0) is 13.0. The van der Waals surface area contributed by atoms with Crippen LogP contribution in [-0.4, -0.2) is 13.4 Å². The highest BCUT2D eigenvalue weighted by Gasteiger charge is 2.20. The molecule has 1 N–H and O–H groups in total. The number of nitrogens with zero attached hydrogens (tertiary/aromatic N) is 1. The van der Waals surface area contributed by atoms with Gasteiger partial charge in [0.2, 0.25) is 9.84 Å². The zero-order valence-corrected chi connectivity index (χ0v) is 10.2. The Hall–Kier alpha value is -2.32. The quantitative estimate of drug-likeness (QED) is 0.859. The van der Waals surface area contributed by atoms with Crippen molar-refractivity contribution >= 4 is 15.9 Å². The van der Waals surface area contributed by atoms with Crippen molar-refractivity contribution in [3.63, 3.8) is 0 Å². The van der Waals surface area contributed by atoms with E-state index in [1.165, 1.54) is 18.2 Å². The molecule has 0 atom stereocenters. The fourth-order valence-electron chi connectivity index (χ4n) is 1.47. The summed E-state index contributed by atoms with van der Waals surface area (Å²) in [6.07, 6.45) is 2.98. The monoisotopic (exact) mass is 258 g/mol. The first-order valence-electron chi connectivity index (χ1n) is 5.20. The van der Waals surface area contributed by atoms with E-state index in [-0.39, 0.29) is 9.80 Å². The van der Waals surface area contributed by atoms with Crippen LogP contribution in [0.25, 0.3) is 6.08 Å². The molecule has 90 valence electrons. The van der Waals surface area contributed by atoms with E-state index in [0.717, 1.165) is 0 Å². The van der Waals surface area contributed by atoms with Gasteiger partial charge in [-0.3, -0.25) is 0 Å². The third-order valence-corrected chi connectivity index (χ3v) is 4.04. The molecule has 2 aromatic rings. The molecule has 0 bridgehead atoms. The fourth-order valence-corrected chi connectivity index (χ4v) is 2.64. The molecule has 0 amide bonds. The standard InChI is InChI=1S/C13H10N2O2S/c14-10-13(9-11-5-4-8-15-11)18(16,17)12-6-2-1-3-7-12/h1-9,15H. The third-order valence-electron chi connectivity index (χ3n) is 2.36. The van der Waals surface area contributed by atoms with Crippen molar-refractivity contribution < 1.29 is 8.42 Å². The van der Waals surface area contributed by atoms with Crippen molar-refractivity contribution in [2.45, 2.75) is 4.90 Å². The van der Waals surface area contributed by atoms with Crippen molar-refractivity contribution in [1.29, 1.82) is 5.26 Å². The lowest BCUT2D eigenvalue weighted by molar-refractivity contribution is 0.603. The van der Waals surface area contributed by atoms with Crippen LogP contribution in [-0.2, 0) is 9.84 Å². The number of allylic oxidation sites excluding steroid dienone is 1. The number of sulfone groups is 1. The van der Waals surface area contributed by atoms with Crippen molar-refractivity contribution in [2.24, 2.45) is 0 Å². The van der Waals surface area contributed by atoms with Gasteiger partial charge in [-0.05, 0) is 30.3 Å². The average molecular weight is 258 g/mol. The number of aromatic nitrogens is 1. The molecule has 0 saturated carbocycles. The molecule has 1 aromatic carbocycles. The molecule has 0 aliphatic carbocycles. The SMILES string of the molecule is N#CC(=Cc1ccc[nH]1)S(=O)(=O)c1ccccc1. The van der Waals surface area contributed by atoms with Gasteiger partial charge in [-0.15, -0.1) is 0 Å². The van der Waals surface area contributed by atoms with Gasteiger partial charge in [-0.1, -0.05) is 18.2 Å². The minimum atomic E-state index is -3.75. The Kier molecular flexibility index (Phi) is 3.31. The Balaban J connectivity index is 2.50. The van der Waals surface area contributed by atoms with Gasteiger partial charge in [0.05, 0.1) is 4.90 Å². The van der Waals surface area contributed by atoms with E-state index in [1.807, 2.05) is 0 Å². The Morgan fingerprint density at radius 3 is 2.44 bits per heavy atom. The first-order chi connectivity index (χ1) is 8.64. The maximum atomic E-state index is 12.2. The Labute approximate surface area is 105 Å². The molecule has 0 radical (unpaired) electrons. The molecule has 0 aliphatic heterocycles. The zero-order valence-electron chi connectivity index (χ0n) is 9.37. The molecular formula is C13H10N2O2S. The van der Waals surface area contributed by atoms with Crippen molar-refractivity contribution in [1.82, 2.24) is 4.98 Å². The van der Waals surface area contributed by atoms with E-state index in [2.05, 4.69) is 4.98 Å². The van der Waals surface area contributed by atoms with Crippen LogP contribution >= 0.6 is 0 Å². The molecule has 4 nitrogen and oxygen atoms in total. The maximum absolute atomic E-state index is 12.2. The Bertz CT molecular complexity index is 693. The van der Waals surface area contributed by atoms with E-state index in [1.54, 1.807) is 42.6 Å². The van der Waals surface area contributed by atoms with Gasteiger partial charge in [0.1, 0.15) is 6.07 Å². The smallest absolute Gasteiger partial charge is 0.216 e. The van der Waals surface area contributed by atoms with Crippen molar-refractivity contribution in [3.8, 4) is 6.07 Å². The summed E-state index contributed by atoms with van der Waals surface area (Å²) in [7, 11) is -3.75. The molecule has 18 heavy (non-hydrogen) atoms.